The van der Waals surface area contributed by atoms with Crippen LogP contribution in [-0.2, 0) is 11.2 Å². The zero-order valence-corrected chi connectivity index (χ0v) is 18.4. The Morgan fingerprint density at radius 1 is 1.00 bits per heavy atom. The third-order valence-electron chi connectivity index (χ3n) is 5.50. The lowest BCUT2D eigenvalue weighted by Crippen LogP contribution is -2.16. The summed E-state index contributed by atoms with van der Waals surface area (Å²) < 4.78 is 7.49. The predicted octanol–water partition coefficient (Wildman–Crippen LogP) is 5.51. The molecule has 0 saturated heterocycles. The van der Waals surface area contributed by atoms with Crippen LogP contribution in [0, 0.1) is 20.8 Å². The third-order valence-corrected chi connectivity index (χ3v) is 5.50. The van der Waals surface area contributed by atoms with Gasteiger partial charge in [0.2, 0.25) is 5.91 Å². The van der Waals surface area contributed by atoms with Crippen molar-refractivity contribution in [2.45, 2.75) is 34.1 Å². The van der Waals surface area contributed by atoms with E-state index >= 15 is 0 Å². The zero-order chi connectivity index (χ0) is 22.0. The van der Waals surface area contributed by atoms with Crippen molar-refractivity contribution in [1.82, 2.24) is 9.38 Å². The molecule has 4 aromatic rings. The van der Waals surface area contributed by atoms with Crippen LogP contribution in [0.3, 0.4) is 0 Å². The van der Waals surface area contributed by atoms with E-state index in [9.17, 15) is 4.79 Å². The molecule has 5 nitrogen and oxygen atoms in total. The maximum Gasteiger partial charge on any atom is 0.230 e. The lowest BCUT2D eigenvalue weighted by atomic mass is 10.0. The Balaban J connectivity index is 1.67. The molecular formula is C26H27N3O2. The minimum Gasteiger partial charge on any atom is -0.494 e. The van der Waals surface area contributed by atoms with Crippen molar-refractivity contribution in [3.63, 3.8) is 0 Å². The highest BCUT2D eigenvalue weighted by Crippen LogP contribution is 2.28. The Bertz CT molecular complexity index is 1240. The van der Waals surface area contributed by atoms with Crippen LogP contribution in [0.15, 0.2) is 60.8 Å². The van der Waals surface area contributed by atoms with E-state index in [2.05, 4.69) is 37.4 Å². The number of aryl methyl sites for hydroxylation is 3. The number of imidazole rings is 1. The number of pyridine rings is 1. The summed E-state index contributed by atoms with van der Waals surface area (Å²) in [6.07, 6.45) is 2.19. The topological polar surface area (TPSA) is 55.6 Å². The number of nitrogens with zero attached hydrogens (tertiary/aromatic N) is 2. The normalized spacial score (nSPS) is 11.0. The van der Waals surface area contributed by atoms with Gasteiger partial charge in [0.1, 0.15) is 11.4 Å². The lowest BCUT2D eigenvalue weighted by Gasteiger charge is -2.09. The summed E-state index contributed by atoms with van der Waals surface area (Å²) >= 11 is 0. The van der Waals surface area contributed by atoms with Gasteiger partial charge in [-0.25, -0.2) is 4.98 Å². The molecule has 0 spiro atoms. The molecule has 0 atom stereocenters. The van der Waals surface area contributed by atoms with Crippen molar-refractivity contribution in [3.05, 3.63) is 83.2 Å². The highest BCUT2D eigenvalue weighted by Gasteiger charge is 2.18. The number of amides is 1. The number of fused-ring (bicyclic) bond motifs is 1. The first-order valence-corrected chi connectivity index (χ1v) is 10.5. The highest BCUT2D eigenvalue weighted by molar-refractivity contribution is 5.93. The van der Waals surface area contributed by atoms with Crippen LogP contribution in [0.4, 0.5) is 5.69 Å². The van der Waals surface area contributed by atoms with Crippen LogP contribution in [-0.4, -0.2) is 21.9 Å². The zero-order valence-electron chi connectivity index (χ0n) is 18.4. The van der Waals surface area contributed by atoms with Crippen molar-refractivity contribution in [3.8, 4) is 17.0 Å². The summed E-state index contributed by atoms with van der Waals surface area (Å²) in [7, 11) is 0. The maximum absolute atomic E-state index is 12.9. The molecule has 158 valence electrons. The van der Waals surface area contributed by atoms with Crippen molar-refractivity contribution in [2.75, 3.05) is 11.9 Å². The number of hydrogen-bond acceptors (Lipinski definition) is 3. The van der Waals surface area contributed by atoms with Gasteiger partial charge in [-0.1, -0.05) is 18.2 Å². The minimum absolute atomic E-state index is 0.0856. The fraction of sp³-hybridized carbons (Fsp3) is 0.231. The molecule has 0 bridgehead atoms. The summed E-state index contributed by atoms with van der Waals surface area (Å²) in [4.78, 5) is 17.9. The Labute approximate surface area is 182 Å². The van der Waals surface area contributed by atoms with E-state index in [1.807, 2.05) is 60.8 Å². The quantitative estimate of drug-likeness (QED) is 0.454. The molecular weight excluding hydrogens is 386 g/mol. The first-order chi connectivity index (χ1) is 15.0. The number of rotatable bonds is 6. The van der Waals surface area contributed by atoms with Crippen molar-refractivity contribution < 1.29 is 9.53 Å². The van der Waals surface area contributed by atoms with Crippen LogP contribution in [0.2, 0.25) is 0 Å². The van der Waals surface area contributed by atoms with E-state index in [0.717, 1.165) is 39.6 Å². The number of ether oxygens (including phenoxy) is 1. The van der Waals surface area contributed by atoms with Gasteiger partial charge in [-0.05, 0) is 80.8 Å². The summed E-state index contributed by atoms with van der Waals surface area (Å²) in [5.41, 5.74) is 7.88. The van der Waals surface area contributed by atoms with Gasteiger partial charge in [-0.2, -0.15) is 0 Å². The van der Waals surface area contributed by atoms with Gasteiger partial charge in [0, 0.05) is 17.4 Å². The number of aromatic nitrogens is 2. The van der Waals surface area contributed by atoms with E-state index in [4.69, 9.17) is 9.72 Å². The number of benzene rings is 2. The molecule has 31 heavy (non-hydrogen) atoms. The molecule has 0 aliphatic heterocycles. The highest BCUT2D eigenvalue weighted by atomic mass is 16.5. The SMILES string of the molecule is CCOc1ccc(NC(=O)Cc2c(-c3ccc(C)c(C)c3)nc3c(C)cccn23)cc1. The molecule has 5 heteroatoms. The molecule has 0 saturated carbocycles. The van der Waals surface area contributed by atoms with Gasteiger partial charge >= 0.3 is 0 Å². The fourth-order valence-corrected chi connectivity index (χ4v) is 3.70. The van der Waals surface area contributed by atoms with Crippen LogP contribution < -0.4 is 10.1 Å². The average molecular weight is 414 g/mol. The molecule has 2 aromatic heterocycles. The van der Waals surface area contributed by atoms with Crippen molar-refractivity contribution >= 4 is 17.2 Å². The number of anilines is 1. The molecule has 0 aliphatic rings. The van der Waals surface area contributed by atoms with Gasteiger partial charge in [-0.3, -0.25) is 4.79 Å². The Morgan fingerprint density at radius 2 is 1.77 bits per heavy atom. The second-order valence-corrected chi connectivity index (χ2v) is 7.77. The van der Waals surface area contributed by atoms with E-state index in [1.54, 1.807) is 0 Å². The van der Waals surface area contributed by atoms with Crippen molar-refractivity contribution in [1.29, 1.82) is 0 Å². The van der Waals surface area contributed by atoms with Gasteiger partial charge in [0.15, 0.2) is 0 Å². The summed E-state index contributed by atoms with van der Waals surface area (Å²) in [6, 6.07) is 17.8. The summed E-state index contributed by atoms with van der Waals surface area (Å²) in [5.74, 6) is 0.701. The molecule has 0 fully saturated rings. The largest absolute Gasteiger partial charge is 0.494 e. The minimum atomic E-state index is -0.0856. The first-order valence-electron chi connectivity index (χ1n) is 10.5. The van der Waals surface area contributed by atoms with Gasteiger partial charge in [0.05, 0.1) is 24.4 Å². The fourth-order valence-electron chi connectivity index (χ4n) is 3.70. The van der Waals surface area contributed by atoms with Crippen LogP contribution in [0.25, 0.3) is 16.9 Å². The molecule has 4 rings (SSSR count). The van der Waals surface area contributed by atoms with Crippen LogP contribution >= 0.6 is 0 Å². The summed E-state index contributed by atoms with van der Waals surface area (Å²) in [6.45, 7) is 8.79. The molecule has 1 amide bonds. The second-order valence-electron chi connectivity index (χ2n) is 7.77. The Morgan fingerprint density at radius 3 is 2.48 bits per heavy atom. The average Bonchev–Trinajstić information content (AvgIpc) is 3.11. The number of nitrogens with one attached hydrogen (secondary N) is 1. The maximum atomic E-state index is 12.9. The van der Waals surface area contributed by atoms with Crippen LogP contribution in [0.5, 0.6) is 5.75 Å². The van der Waals surface area contributed by atoms with E-state index in [0.29, 0.717) is 6.61 Å². The standard InChI is InChI=1S/C26H27N3O2/c1-5-31-22-12-10-21(11-13-22)27-24(30)16-23-25(20-9-8-17(2)19(4)15-20)28-26-18(3)7-6-14-29(23)26/h6-15H,5,16H2,1-4H3,(H,27,30). The third kappa shape index (κ3) is 4.31. The van der Waals surface area contributed by atoms with Gasteiger partial charge in [-0.15, -0.1) is 0 Å². The number of hydrogen-bond donors (Lipinski definition) is 1. The molecule has 0 radical (unpaired) electrons. The number of carbonyl (C=O) groups is 1. The van der Waals surface area contributed by atoms with Gasteiger partial charge in [0.25, 0.3) is 0 Å². The van der Waals surface area contributed by atoms with E-state index in [-0.39, 0.29) is 12.3 Å². The van der Waals surface area contributed by atoms with Gasteiger partial charge < -0.3 is 14.5 Å². The Hall–Kier alpha value is -3.60. The predicted molar refractivity (Wildman–Crippen MR) is 125 cm³/mol. The summed E-state index contributed by atoms with van der Waals surface area (Å²) in [5, 5.41) is 2.99. The van der Waals surface area contributed by atoms with E-state index < -0.39 is 0 Å². The monoisotopic (exact) mass is 413 g/mol. The molecule has 0 unspecified atom stereocenters. The number of carbonyl (C=O) groups excluding carboxylic acids is 1. The molecule has 1 N–H and O–H groups in total. The first kappa shape index (κ1) is 20.7. The molecule has 2 heterocycles. The van der Waals surface area contributed by atoms with Crippen molar-refractivity contribution in [2.24, 2.45) is 0 Å². The molecule has 0 aliphatic carbocycles. The molecule has 2 aromatic carbocycles. The van der Waals surface area contributed by atoms with E-state index in [1.165, 1.54) is 11.1 Å². The smallest absolute Gasteiger partial charge is 0.230 e. The second kappa shape index (κ2) is 8.64. The lowest BCUT2D eigenvalue weighted by molar-refractivity contribution is -0.115. The van der Waals surface area contributed by atoms with Crippen LogP contribution in [0.1, 0.15) is 29.3 Å². The Kier molecular flexibility index (Phi) is 5.76.